The van der Waals surface area contributed by atoms with Crippen LogP contribution in [0.2, 0.25) is 0 Å². The third-order valence-electron chi connectivity index (χ3n) is 5.02. The van der Waals surface area contributed by atoms with E-state index in [0.29, 0.717) is 17.1 Å². The predicted octanol–water partition coefficient (Wildman–Crippen LogP) is 4.02. The van der Waals surface area contributed by atoms with Gasteiger partial charge in [-0.05, 0) is 35.9 Å². The molecule has 0 atom stereocenters. The van der Waals surface area contributed by atoms with Crippen LogP contribution in [-0.4, -0.2) is 40.1 Å². The van der Waals surface area contributed by atoms with Crippen LogP contribution in [0.4, 0.5) is 0 Å². The molecule has 6 aromatic heterocycles. The Balaban J connectivity index is 1.52. The molecule has 0 unspecified atom stereocenters. The number of nitrogens with zero attached hydrogens (tertiary/aromatic N) is 6. The van der Waals surface area contributed by atoms with E-state index in [1.807, 2.05) is 42.7 Å². The maximum absolute atomic E-state index is 4.70. The van der Waals surface area contributed by atoms with Crippen molar-refractivity contribution in [3.63, 3.8) is 0 Å². The summed E-state index contributed by atoms with van der Waals surface area (Å²) in [5, 5.41) is 8.29. The lowest BCUT2D eigenvalue weighted by Crippen LogP contribution is -1.84. The predicted molar refractivity (Wildman–Crippen MR) is 113 cm³/mol. The van der Waals surface area contributed by atoms with E-state index in [2.05, 4.69) is 41.2 Å². The van der Waals surface area contributed by atoms with Crippen LogP contribution in [0.15, 0.2) is 73.6 Å². The molecule has 0 aliphatic heterocycles. The van der Waals surface area contributed by atoms with Crippen LogP contribution < -0.4 is 0 Å². The quantitative estimate of drug-likeness (QED) is 0.472. The van der Waals surface area contributed by atoms with E-state index in [4.69, 9.17) is 4.98 Å². The first-order valence-corrected chi connectivity index (χ1v) is 9.37. The first-order chi connectivity index (χ1) is 14.9. The highest BCUT2D eigenvalue weighted by atomic mass is 15.2. The average molecular weight is 390 g/mol. The highest BCUT2D eigenvalue weighted by Crippen LogP contribution is 2.31. The largest absolute Gasteiger partial charge is 0.335 e. The normalized spacial score (nSPS) is 11.3. The van der Waals surface area contributed by atoms with Crippen LogP contribution >= 0.6 is 0 Å². The summed E-state index contributed by atoms with van der Waals surface area (Å²) in [7, 11) is 0. The first kappa shape index (κ1) is 16.5. The summed E-state index contributed by atoms with van der Waals surface area (Å²) in [6.07, 6.45) is 10.7. The van der Waals surface area contributed by atoms with Crippen LogP contribution in [-0.2, 0) is 0 Å². The minimum Gasteiger partial charge on any atom is -0.335 e. The van der Waals surface area contributed by atoms with Gasteiger partial charge in [0.15, 0.2) is 17.1 Å². The molecule has 8 heteroatoms. The number of fused-ring (bicyclic) bond motifs is 2. The third-order valence-corrected chi connectivity index (χ3v) is 5.02. The van der Waals surface area contributed by atoms with Gasteiger partial charge >= 0.3 is 0 Å². The van der Waals surface area contributed by atoms with Gasteiger partial charge in [0.1, 0.15) is 5.69 Å². The molecule has 8 nitrogen and oxygen atoms in total. The van der Waals surface area contributed by atoms with Gasteiger partial charge in [-0.1, -0.05) is 6.07 Å². The van der Waals surface area contributed by atoms with Crippen molar-refractivity contribution < 1.29 is 0 Å². The van der Waals surface area contributed by atoms with Gasteiger partial charge in [0.05, 0.1) is 10.9 Å². The molecule has 142 valence electrons. The summed E-state index contributed by atoms with van der Waals surface area (Å²) < 4.78 is 0. The maximum atomic E-state index is 4.70. The third kappa shape index (κ3) is 2.62. The van der Waals surface area contributed by atoms with E-state index in [9.17, 15) is 0 Å². The van der Waals surface area contributed by atoms with Gasteiger partial charge in [0, 0.05) is 53.9 Å². The minimum atomic E-state index is 0.628. The van der Waals surface area contributed by atoms with Gasteiger partial charge in [0.2, 0.25) is 0 Å². The summed E-state index contributed by atoms with van der Waals surface area (Å²) in [5.41, 5.74) is 6.89. The molecule has 0 aliphatic carbocycles. The molecule has 0 spiro atoms. The van der Waals surface area contributed by atoms with Gasteiger partial charge in [-0.15, -0.1) is 0 Å². The molecule has 30 heavy (non-hydrogen) atoms. The van der Waals surface area contributed by atoms with Crippen molar-refractivity contribution in [2.24, 2.45) is 0 Å². The molecule has 0 fully saturated rings. The molecular formula is C22H14N8. The zero-order valence-electron chi connectivity index (χ0n) is 15.6. The van der Waals surface area contributed by atoms with E-state index in [1.54, 1.807) is 24.8 Å². The number of H-pyrrole nitrogens is 2. The smallest absolute Gasteiger partial charge is 0.181 e. The number of hydrogen-bond acceptors (Lipinski definition) is 6. The lowest BCUT2D eigenvalue weighted by Gasteiger charge is -2.01. The number of aromatic nitrogens is 8. The summed E-state index contributed by atoms with van der Waals surface area (Å²) in [6.45, 7) is 0. The number of hydrogen-bond donors (Lipinski definition) is 2. The Bertz CT molecular complexity index is 1490. The fourth-order valence-electron chi connectivity index (χ4n) is 3.57. The Labute approximate surface area is 170 Å². The monoisotopic (exact) mass is 390 g/mol. The zero-order valence-corrected chi connectivity index (χ0v) is 15.6. The molecule has 0 amide bonds. The molecule has 0 aliphatic rings. The molecule has 6 aromatic rings. The van der Waals surface area contributed by atoms with E-state index >= 15 is 0 Å². The number of imidazole rings is 1. The van der Waals surface area contributed by atoms with Gasteiger partial charge in [-0.25, -0.2) is 15.0 Å². The number of nitrogens with one attached hydrogen (secondary N) is 2. The highest BCUT2D eigenvalue weighted by Gasteiger charge is 2.16. The van der Waals surface area contributed by atoms with Crippen LogP contribution in [0.25, 0.3) is 56.0 Å². The first-order valence-electron chi connectivity index (χ1n) is 9.37. The van der Waals surface area contributed by atoms with Gasteiger partial charge in [0.25, 0.3) is 0 Å². The Morgan fingerprint density at radius 3 is 2.53 bits per heavy atom. The number of rotatable bonds is 3. The van der Waals surface area contributed by atoms with Crippen molar-refractivity contribution in [2.45, 2.75) is 0 Å². The van der Waals surface area contributed by atoms with E-state index in [1.165, 1.54) is 0 Å². The van der Waals surface area contributed by atoms with E-state index < -0.39 is 0 Å². The molecule has 2 N–H and O–H groups in total. The number of aromatic amines is 2. The highest BCUT2D eigenvalue weighted by molar-refractivity contribution is 5.95. The standard InChI is InChI=1S/C22H14N8/c1-2-14(11-24-6-1)16-5-9-25-21-18(16)27-22(28-21)19-17-10-15(12-26-20(17)30-29-19)13-3-7-23-8-4-13/h1-12H,(H,25,27,28)(H,26,29,30). The van der Waals surface area contributed by atoms with Gasteiger partial charge < -0.3 is 4.98 Å². The van der Waals surface area contributed by atoms with E-state index in [0.717, 1.165) is 38.9 Å². The fourth-order valence-corrected chi connectivity index (χ4v) is 3.57. The molecule has 6 rings (SSSR count). The Morgan fingerprint density at radius 1 is 0.733 bits per heavy atom. The summed E-state index contributed by atoms with van der Waals surface area (Å²) in [6, 6.07) is 11.8. The van der Waals surface area contributed by atoms with Crippen LogP contribution in [0.5, 0.6) is 0 Å². The Kier molecular flexibility index (Phi) is 3.60. The van der Waals surface area contributed by atoms with Crippen molar-refractivity contribution in [2.75, 3.05) is 0 Å². The molecule has 0 aromatic carbocycles. The van der Waals surface area contributed by atoms with Crippen molar-refractivity contribution in [1.82, 2.24) is 40.1 Å². The van der Waals surface area contributed by atoms with Gasteiger partial charge in [-0.2, -0.15) is 5.10 Å². The SMILES string of the molecule is c1cncc(-c2ccnc3nc(-c4[nH]nc5ncc(-c6ccncc6)cc45)[nH]c23)c1. The summed E-state index contributed by atoms with van der Waals surface area (Å²) >= 11 is 0. The fraction of sp³-hybridized carbons (Fsp3) is 0. The number of pyridine rings is 4. The second kappa shape index (κ2) is 6.56. The van der Waals surface area contributed by atoms with Crippen molar-refractivity contribution >= 4 is 22.2 Å². The van der Waals surface area contributed by atoms with Crippen LogP contribution in [0.3, 0.4) is 0 Å². The van der Waals surface area contributed by atoms with Crippen LogP contribution in [0.1, 0.15) is 0 Å². The molecular weight excluding hydrogens is 376 g/mol. The molecule has 0 bridgehead atoms. The van der Waals surface area contributed by atoms with Crippen LogP contribution in [0, 0.1) is 0 Å². The topological polar surface area (TPSA) is 109 Å². The summed E-state index contributed by atoms with van der Waals surface area (Å²) in [5.74, 6) is 0.657. The Morgan fingerprint density at radius 2 is 1.67 bits per heavy atom. The average Bonchev–Trinajstić information content (AvgIpc) is 3.43. The summed E-state index contributed by atoms with van der Waals surface area (Å²) in [4.78, 5) is 25.3. The second-order valence-corrected chi connectivity index (χ2v) is 6.81. The molecule has 0 saturated carbocycles. The van der Waals surface area contributed by atoms with E-state index in [-0.39, 0.29) is 0 Å². The second-order valence-electron chi connectivity index (χ2n) is 6.81. The van der Waals surface area contributed by atoms with Crippen molar-refractivity contribution in [1.29, 1.82) is 0 Å². The van der Waals surface area contributed by atoms with Crippen molar-refractivity contribution in [3.05, 3.63) is 73.6 Å². The molecule has 0 saturated heterocycles. The lowest BCUT2D eigenvalue weighted by atomic mass is 10.1. The zero-order chi connectivity index (χ0) is 19.9. The van der Waals surface area contributed by atoms with Crippen molar-refractivity contribution in [3.8, 4) is 33.8 Å². The van der Waals surface area contributed by atoms with Gasteiger partial charge in [-0.3, -0.25) is 15.1 Å². The maximum Gasteiger partial charge on any atom is 0.181 e. The molecule has 0 radical (unpaired) electrons. The minimum absolute atomic E-state index is 0.628. The molecule has 6 heterocycles. The Hall–Kier alpha value is -4.46. The lowest BCUT2D eigenvalue weighted by molar-refractivity contribution is 1.09.